The fraction of sp³-hybridized carbons (Fsp3) is 0.538. The number of nitrogens with zero attached hydrogens (tertiary/aromatic N) is 4. The van der Waals surface area contributed by atoms with Crippen LogP contribution < -0.4 is 0 Å². The molecule has 3 heterocycles. The molecule has 0 N–H and O–H groups in total. The average molecular weight is 246 g/mol. The largest absolute Gasteiger partial charge is 0.361 e. The standard InChI is InChI=1S/C13H18N4O/c1-10-13(11(2)18-15-10)9-16-7-4-12(8-16)17-6-3-5-14-17/h3,5-6,12H,4,7-9H2,1-2H3. The first-order chi connectivity index (χ1) is 8.74. The van der Waals surface area contributed by atoms with Crippen LogP contribution in [-0.4, -0.2) is 32.9 Å². The normalized spacial score (nSPS) is 20.7. The van der Waals surface area contributed by atoms with E-state index in [-0.39, 0.29) is 0 Å². The Kier molecular flexibility index (Phi) is 2.91. The highest BCUT2D eigenvalue weighted by Gasteiger charge is 2.25. The molecule has 96 valence electrons. The number of aromatic nitrogens is 3. The first-order valence-electron chi connectivity index (χ1n) is 6.37. The van der Waals surface area contributed by atoms with Crippen LogP contribution in [0.1, 0.15) is 29.5 Å². The minimum absolute atomic E-state index is 0.500. The highest BCUT2D eigenvalue weighted by Crippen LogP contribution is 2.24. The Morgan fingerprint density at radius 1 is 1.44 bits per heavy atom. The monoisotopic (exact) mass is 246 g/mol. The molecule has 0 amide bonds. The van der Waals surface area contributed by atoms with Gasteiger partial charge in [-0.1, -0.05) is 5.16 Å². The second-order valence-electron chi connectivity index (χ2n) is 4.97. The van der Waals surface area contributed by atoms with Gasteiger partial charge in [0.1, 0.15) is 5.76 Å². The van der Waals surface area contributed by atoms with Gasteiger partial charge in [0.15, 0.2) is 0 Å². The molecule has 0 saturated carbocycles. The summed E-state index contributed by atoms with van der Waals surface area (Å²) in [6.45, 7) is 7.07. The molecule has 0 aromatic carbocycles. The molecule has 18 heavy (non-hydrogen) atoms. The quantitative estimate of drug-likeness (QED) is 0.830. The van der Waals surface area contributed by atoms with Gasteiger partial charge in [0.2, 0.25) is 0 Å². The summed E-state index contributed by atoms with van der Waals surface area (Å²) in [6.07, 6.45) is 5.05. The van der Waals surface area contributed by atoms with Crippen molar-refractivity contribution in [1.82, 2.24) is 19.8 Å². The lowest BCUT2D eigenvalue weighted by atomic mass is 10.2. The van der Waals surface area contributed by atoms with Crippen LogP contribution in [0.5, 0.6) is 0 Å². The summed E-state index contributed by atoms with van der Waals surface area (Å²) in [6, 6.07) is 2.48. The van der Waals surface area contributed by atoms with Crippen molar-refractivity contribution in [3.8, 4) is 0 Å². The van der Waals surface area contributed by atoms with Gasteiger partial charge in [-0.3, -0.25) is 9.58 Å². The fourth-order valence-corrected chi connectivity index (χ4v) is 2.62. The number of rotatable bonds is 3. The van der Waals surface area contributed by atoms with Crippen LogP contribution in [-0.2, 0) is 6.54 Å². The third kappa shape index (κ3) is 2.06. The van der Waals surface area contributed by atoms with E-state index < -0.39 is 0 Å². The van der Waals surface area contributed by atoms with E-state index in [0.29, 0.717) is 6.04 Å². The Morgan fingerprint density at radius 3 is 3.00 bits per heavy atom. The summed E-state index contributed by atoms with van der Waals surface area (Å²) in [4.78, 5) is 2.44. The second kappa shape index (κ2) is 4.57. The maximum atomic E-state index is 5.21. The summed E-state index contributed by atoms with van der Waals surface area (Å²) in [7, 11) is 0. The number of likely N-dealkylation sites (tertiary alicyclic amines) is 1. The van der Waals surface area contributed by atoms with Crippen LogP contribution in [0, 0.1) is 13.8 Å². The molecule has 5 nitrogen and oxygen atoms in total. The number of aryl methyl sites for hydroxylation is 2. The van der Waals surface area contributed by atoms with Gasteiger partial charge in [-0.15, -0.1) is 0 Å². The SMILES string of the molecule is Cc1noc(C)c1CN1CCC(n2cccn2)C1. The lowest BCUT2D eigenvalue weighted by Crippen LogP contribution is -2.22. The Hall–Kier alpha value is -1.62. The lowest BCUT2D eigenvalue weighted by Gasteiger charge is -2.15. The third-order valence-corrected chi connectivity index (χ3v) is 3.71. The van der Waals surface area contributed by atoms with Gasteiger partial charge in [-0.25, -0.2) is 0 Å². The first kappa shape index (κ1) is 11.5. The Balaban J connectivity index is 1.66. The topological polar surface area (TPSA) is 47.1 Å². The van der Waals surface area contributed by atoms with E-state index >= 15 is 0 Å². The van der Waals surface area contributed by atoms with Crippen LogP contribution in [0.25, 0.3) is 0 Å². The molecule has 1 aliphatic rings. The minimum Gasteiger partial charge on any atom is -0.361 e. The molecular formula is C13H18N4O. The average Bonchev–Trinajstić information content (AvgIpc) is 3.06. The zero-order chi connectivity index (χ0) is 12.5. The summed E-state index contributed by atoms with van der Waals surface area (Å²) >= 11 is 0. The molecule has 0 radical (unpaired) electrons. The summed E-state index contributed by atoms with van der Waals surface area (Å²) in [5.74, 6) is 0.940. The van der Waals surface area contributed by atoms with Crippen molar-refractivity contribution >= 4 is 0 Å². The predicted octanol–water partition coefficient (Wildman–Crippen LogP) is 1.93. The molecular weight excluding hydrogens is 228 g/mol. The van der Waals surface area contributed by atoms with Crippen molar-refractivity contribution in [3.05, 3.63) is 35.5 Å². The minimum atomic E-state index is 0.500. The molecule has 0 spiro atoms. The van der Waals surface area contributed by atoms with Crippen molar-refractivity contribution in [1.29, 1.82) is 0 Å². The zero-order valence-electron chi connectivity index (χ0n) is 10.8. The van der Waals surface area contributed by atoms with E-state index in [1.165, 1.54) is 5.56 Å². The van der Waals surface area contributed by atoms with Crippen molar-refractivity contribution in [2.24, 2.45) is 0 Å². The lowest BCUT2D eigenvalue weighted by molar-refractivity contribution is 0.308. The van der Waals surface area contributed by atoms with E-state index in [4.69, 9.17) is 4.52 Å². The van der Waals surface area contributed by atoms with E-state index in [9.17, 15) is 0 Å². The highest BCUT2D eigenvalue weighted by atomic mass is 16.5. The van der Waals surface area contributed by atoms with Crippen LogP contribution in [0.3, 0.4) is 0 Å². The molecule has 2 aromatic heterocycles. The summed E-state index contributed by atoms with van der Waals surface area (Å²) < 4.78 is 7.27. The third-order valence-electron chi connectivity index (χ3n) is 3.71. The number of hydrogen-bond acceptors (Lipinski definition) is 4. The van der Waals surface area contributed by atoms with Gasteiger partial charge in [-0.05, 0) is 26.3 Å². The summed E-state index contributed by atoms with van der Waals surface area (Å²) in [5.41, 5.74) is 2.24. The zero-order valence-corrected chi connectivity index (χ0v) is 10.8. The van der Waals surface area contributed by atoms with Gasteiger partial charge >= 0.3 is 0 Å². The molecule has 0 aliphatic carbocycles. The van der Waals surface area contributed by atoms with Crippen LogP contribution in [0.15, 0.2) is 23.0 Å². The molecule has 1 atom stereocenters. The first-order valence-corrected chi connectivity index (χ1v) is 6.37. The van der Waals surface area contributed by atoms with Gasteiger partial charge < -0.3 is 4.52 Å². The molecule has 1 fully saturated rings. The van der Waals surface area contributed by atoms with Gasteiger partial charge in [0.25, 0.3) is 0 Å². The summed E-state index contributed by atoms with van der Waals surface area (Å²) in [5, 5.41) is 8.33. The maximum absolute atomic E-state index is 5.21. The van der Waals surface area contributed by atoms with E-state index in [1.807, 2.05) is 32.3 Å². The predicted molar refractivity (Wildman–Crippen MR) is 67.1 cm³/mol. The van der Waals surface area contributed by atoms with Crippen molar-refractivity contribution in [2.75, 3.05) is 13.1 Å². The molecule has 5 heteroatoms. The van der Waals surface area contributed by atoms with Crippen molar-refractivity contribution in [2.45, 2.75) is 32.9 Å². The Morgan fingerprint density at radius 2 is 2.33 bits per heavy atom. The Labute approximate surface area is 106 Å². The molecule has 0 bridgehead atoms. The van der Waals surface area contributed by atoms with Crippen molar-refractivity contribution < 1.29 is 4.52 Å². The van der Waals surface area contributed by atoms with E-state index in [2.05, 4.69) is 19.8 Å². The second-order valence-corrected chi connectivity index (χ2v) is 4.97. The maximum Gasteiger partial charge on any atom is 0.138 e. The molecule has 3 rings (SSSR count). The van der Waals surface area contributed by atoms with E-state index in [1.54, 1.807) is 0 Å². The van der Waals surface area contributed by atoms with Gasteiger partial charge in [-0.2, -0.15) is 5.10 Å². The van der Waals surface area contributed by atoms with Crippen molar-refractivity contribution in [3.63, 3.8) is 0 Å². The Bertz CT molecular complexity index is 498. The van der Waals surface area contributed by atoms with Crippen LogP contribution in [0.4, 0.5) is 0 Å². The van der Waals surface area contributed by atoms with Crippen LogP contribution in [0.2, 0.25) is 0 Å². The molecule has 1 saturated heterocycles. The highest BCUT2D eigenvalue weighted by molar-refractivity contribution is 5.20. The van der Waals surface area contributed by atoms with Gasteiger partial charge in [0, 0.05) is 37.6 Å². The smallest absolute Gasteiger partial charge is 0.138 e. The molecule has 1 aliphatic heterocycles. The fourth-order valence-electron chi connectivity index (χ4n) is 2.62. The van der Waals surface area contributed by atoms with Gasteiger partial charge in [0.05, 0.1) is 11.7 Å². The molecule has 1 unspecified atom stereocenters. The van der Waals surface area contributed by atoms with E-state index in [0.717, 1.165) is 37.5 Å². The number of hydrogen-bond donors (Lipinski definition) is 0. The van der Waals surface area contributed by atoms with Crippen LogP contribution >= 0.6 is 0 Å². The molecule has 2 aromatic rings.